The third-order valence-corrected chi connectivity index (χ3v) is 6.77. The quantitative estimate of drug-likeness (QED) is 0.422. The summed E-state index contributed by atoms with van der Waals surface area (Å²) < 4.78 is 15.4. The monoisotopic (exact) mass is 469 g/mol. The van der Waals surface area contributed by atoms with Gasteiger partial charge in [-0.3, -0.25) is 14.2 Å². The Morgan fingerprint density at radius 1 is 1.21 bits per heavy atom. The molecular weight excluding hydrogens is 441 g/mol. The van der Waals surface area contributed by atoms with Crippen LogP contribution < -0.4 is 5.56 Å². The molecule has 1 aliphatic carbocycles. The summed E-state index contributed by atoms with van der Waals surface area (Å²) in [5.74, 6) is 0.0716. The van der Waals surface area contributed by atoms with E-state index in [1.807, 2.05) is 24.8 Å². The molecule has 1 aromatic heterocycles. The lowest BCUT2D eigenvalue weighted by molar-refractivity contribution is -0.138. The van der Waals surface area contributed by atoms with Gasteiger partial charge in [-0.15, -0.1) is 0 Å². The molecule has 0 spiro atoms. The van der Waals surface area contributed by atoms with Crippen molar-refractivity contribution in [1.29, 1.82) is 0 Å². The topological polar surface area (TPSA) is 55.2 Å². The second-order valence-corrected chi connectivity index (χ2v) is 9.07. The molecular formula is C26H29ClFN3O2. The molecule has 0 saturated heterocycles. The van der Waals surface area contributed by atoms with E-state index >= 15 is 0 Å². The maximum atomic E-state index is 13.9. The van der Waals surface area contributed by atoms with E-state index in [-0.39, 0.29) is 28.4 Å². The van der Waals surface area contributed by atoms with Gasteiger partial charge in [-0.2, -0.15) is 0 Å². The van der Waals surface area contributed by atoms with Crippen molar-refractivity contribution in [3.8, 4) is 5.69 Å². The zero-order chi connectivity index (χ0) is 23.5. The first-order chi connectivity index (χ1) is 16.0. The van der Waals surface area contributed by atoms with Gasteiger partial charge in [0, 0.05) is 12.5 Å². The van der Waals surface area contributed by atoms with Gasteiger partial charge in [-0.25, -0.2) is 9.37 Å². The maximum Gasteiger partial charge on any atom is 0.266 e. The molecule has 4 rings (SSSR count). The minimum Gasteiger partial charge on any atom is -0.332 e. The van der Waals surface area contributed by atoms with E-state index in [9.17, 15) is 14.0 Å². The molecule has 0 aliphatic heterocycles. The van der Waals surface area contributed by atoms with Gasteiger partial charge in [0.2, 0.25) is 5.91 Å². The molecule has 174 valence electrons. The minimum absolute atomic E-state index is 0.0199. The fourth-order valence-electron chi connectivity index (χ4n) is 4.86. The minimum atomic E-state index is -0.556. The number of rotatable bonds is 7. The number of carbonyl (C=O) groups excluding carboxylic acids is 1. The van der Waals surface area contributed by atoms with Crippen LogP contribution in [0.15, 0.2) is 47.3 Å². The summed E-state index contributed by atoms with van der Waals surface area (Å²) in [6, 6.07) is 11.0. The number of amides is 1. The molecule has 1 atom stereocenters. The highest BCUT2D eigenvalue weighted by Gasteiger charge is 2.33. The van der Waals surface area contributed by atoms with Gasteiger partial charge in [0.15, 0.2) is 0 Å². The van der Waals surface area contributed by atoms with E-state index < -0.39 is 5.82 Å². The number of benzene rings is 2. The van der Waals surface area contributed by atoms with Crippen molar-refractivity contribution >= 4 is 28.4 Å². The number of fused-ring (bicyclic) bond motifs is 1. The number of aromatic nitrogens is 2. The molecule has 0 radical (unpaired) electrons. The van der Waals surface area contributed by atoms with E-state index in [2.05, 4.69) is 0 Å². The number of hydrogen-bond acceptors (Lipinski definition) is 3. The smallest absolute Gasteiger partial charge is 0.266 e. The van der Waals surface area contributed by atoms with Crippen LogP contribution >= 0.6 is 11.6 Å². The molecule has 1 saturated carbocycles. The second kappa shape index (κ2) is 10.0. The van der Waals surface area contributed by atoms with Crippen LogP contribution in [0.5, 0.6) is 0 Å². The van der Waals surface area contributed by atoms with Crippen molar-refractivity contribution in [1.82, 2.24) is 14.5 Å². The van der Waals surface area contributed by atoms with E-state index in [0.29, 0.717) is 35.4 Å². The molecule has 5 nitrogen and oxygen atoms in total. The van der Waals surface area contributed by atoms with E-state index in [1.165, 1.54) is 22.8 Å². The summed E-state index contributed by atoms with van der Waals surface area (Å²) in [6.45, 7) is 4.63. The average molecular weight is 470 g/mol. The first kappa shape index (κ1) is 23.4. The average Bonchev–Trinajstić information content (AvgIpc) is 3.36. The summed E-state index contributed by atoms with van der Waals surface area (Å²) in [5, 5.41) is 0.389. The third-order valence-electron chi connectivity index (χ3n) is 6.48. The van der Waals surface area contributed by atoms with Crippen LogP contribution in [0.3, 0.4) is 0 Å². The Kier molecular flexibility index (Phi) is 7.13. The summed E-state index contributed by atoms with van der Waals surface area (Å²) in [5.41, 5.74) is 0.745. The SMILES string of the molecule is CCCN(C(=O)C1CCCC1)[C@@H](CC)c1nc2ccccc2c(=O)n1-c1ccc(F)c(Cl)c1. The fraction of sp³-hybridized carbons (Fsp3) is 0.423. The molecule has 3 aromatic rings. The molecule has 0 bridgehead atoms. The molecule has 1 aliphatic rings. The Balaban J connectivity index is 1.93. The van der Waals surface area contributed by atoms with Crippen molar-refractivity contribution < 1.29 is 9.18 Å². The van der Waals surface area contributed by atoms with E-state index in [0.717, 1.165) is 32.1 Å². The van der Waals surface area contributed by atoms with Crippen LogP contribution in [-0.2, 0) is 4.79 Å². The van der Waals surface area contributed by atoms with Crippen LogP contribution in [0.4, 0.5) is 4.39 Å². The van der Waals surface area contributed by atoms with Crippen molar-refractivity contribution in [2.24, 2.45) is 5.92 Å². The van der Waals surface area contributed by atoms with Gasteiger partial charge in [0.05, 0.1) is 27.7 Å². The van der Waals surface area contributed by atoms with E-state index in [4.69, 9.17) is 16.6 Å². The zero-order valence-electron chi connectivity index (χ0n) is 19.1. The van der Waals surface area contributed by atoms with Crippen LogP contribution in [0.2, 0.25) is 5.02 Å². The third kappa shape index (κ3) is 4.54. The van der Waals surface area contributed by atoms with Gasteiger partial charge in [-0.1, -0.05) is 50.4 Å². The maximum absolute atomic E-state index is 13.9. The Morgan fingerprint density at radius 2 is 1.94 bits per heavy atom. The van der Waals surface area contributed by atoms with Crippen LogP contribution in [0.1, 0.15) is 64.2 Å². The number of halogens is 2. The van der Waals surface area contributed by atoms with Crippen LogP contribution in [0.25, 0.3) is 16.6 Å². The molecule has 7 heteroatoms. The van der Waals surface area contributed by atoms with Crippen molar-refractivity contribution in [3.63, 3.8) is 0 Å². The highest BCUT2D eigenvalue weighted by molar-refractivity contribution is 6.30. The summed E-state index contributed by atoms with van der Waals surface area (Å²) >= 11 is 6.07. The lowest BCUT2D eigenvalue weighted by Gasteiger charge is -2.34. The van der Waals surface area contributed by atoms with Gasteiger partial charge in [-0.05, 0) is 56.0 Å². The first-order valence-corrected chi connectivity index (χ1v) is 12.1. The van der Waals surface area contributed by atoms with Crippen molar-refractivity contribution in [2.75, 3.05) is 6.54 Å². The Bertz CT molecular complexity index is 1220. The predicted molar refractivity (Wildman–Crippen MR) is 129 cm³/mol. The van der Waals surface area contributed by atoms with Crippen LogP contribution in [0, 0.1) is 11.7 Å². The standard InChI is InChI=1S/C26H29ClFN3O2/c1-3-15-30(25(32)17-9-5-6-10-17)23(4-2)24-29-22-12-8-7-11-19(22)26(33)31(24)18-13-14-21(28)20(27)16-18/h7-8,11-14,16-17,23H,3-6,9-10,15H2,1-2H3/t23-/m0/s1. The number of para-hydroxylation sites is 1. The highest BCUT2D eigenvalue weighted by atomic mass is 35.5. The van der Waals surface area contributed by atoms with Gasteiger partial charge < -0.3 is 4.90 Å². The normalized spacial score (nSPS) is 15.2. The largest absolute Gasteiger partial charge is 0.332 e. The van der Waals surface area contributed by atoms with Crippen molar-refractivity contribution in [2.45, 2.75) is 58.4 Å². The lowest BCUT2D eigenvalue weighted by Crippen LogP contribution is -2.41. The van der Waals surface area contributed by atoms with Crippen LogP contribution in [-0.4, -0.2) is 26.9 Å². The summed E-state index contributed by atoms with van der Waals surface area (Å²) in [6.07, 6.45) is 5.34. The Hall–Kier alpha value is -2.73. The Morgan fingerprint density at radius 3 is 2.61 bits per heavy atom. The van der Waals surface area contributed by atoms with Gasteiger partial charge >= 0.3 is 0 Å². The molecule has 33 heavy (non-hydrogen) atoms. The molecule has 0 N–H and O–H groups in total. The first-order valence-electron chi connectivity index (χ1n) is 11.7. The molecule has 2 aromatic carbocycles. The predicted octanol–water partition coefficient (Wildman–Crippen LogP) is 6.06. The Labute approximate surface area is 198 Å². The molecule has 1 heterocycles. The van der Waals surface area contributed by atoms with Gasteiger partial charge in [0.25, 0.3) is 5.56 Å². The number of nitrogens with zero attached hydrogens (tertiary/aromatic N) is 3. The van der Waals surface area contributed by atoms with Crippen molar-refractivity contribution in [3.05, 3.63) is 69.5 Å². The lowest BCUT2D eigenvalue weighted by atomic mass is 10.0. The fourth-order valence-corrected chi connectivity index (χ4v) is 5.03. The highest BCUT2D eigenvalue weighted by Crippen LogP contribution is 2.32. The molecule has 1 amide bonds. The number of carbonyl (C=O) groups is 1. The number of hydrogen-bond donors (Lipinski definition) is 0. The summed E-state index contributed by atoms with van der Waals surface area (Å²) in [7, 11) is 0. The van der Waals surface area contributed by atoms with Gasteiger partial charge in [0.1, 0.15) is 11.6 Å². The zero-order valence-corrected chi connectivity index (χ0v) is 19.8. The summed E-state index contributed by atoms with van der Waals surface area (Å²) in [4.78, 5) is 34.0. The molecule has 0 unspecified atom stereocenters. The molecule has 1 fully saturated rings. The van der Waals surface area contributed by atoms with E-state index in [1.54, 1.807) is 18.2 Å². The second-order valence-electron chi connectivity index (χ2n) is 8.66.